The third-order valence-corrected chi connectivity index (χ3v) is 5.32. The molecule has 2 heterocycles. The highest BCUT2D eigenvalue weighted by Crippen LogP contribution is 2.41. The number of ether oxygens (including phenoxy) is 3. The van der Waals surface area contributed by atoms with Crippen LogP contribution in [0.5, 0.6) is 0 Å². The fourth-order valence-corrected chi connectivity index (χ4v) is 4.15. The predicted octanol–water partition coefficient (Wildman–Crippen LogP) is 3.41. The SMILES string of the molecule is CCOC(=O)C1=C(C)NC(C)=C(C(=O)OC(C)OCC)C1c1cccc2nsnc12. The molecule has 0 radical (unpaired) electrons. The molecule has 1 aromatic heterocycles. The standard InChI is InChI=1S/C21H25N3O5S/c1-6-27-13(5)29-21(26)17-12(4)22-11(3)16(20(25)28-7-2)18(17)14-9-8-10-15-19(14)24-30-23-15/h8-10,13,18,22H,6-7H2,1-5H3. The van der Waals surface area contributed by atoms with Gasteiger partial charge >= 0.3 is 11.9 Å². The number of fused-ring (bicyclic) bond motifs is 1. The number of dihydropyridines is 1. The highest BCUT2D eigenvalue weighted by molar-refractivity contribution is 7.00. The Morgan fingerprint density at radius 2 is 1.80 bits per heavy atom. The van der Waals surface area contributed by atoms with Gasteiger partial charge in [0.1, 0.15) is 11.0 Å². The lowest BCUT2D eigenvalue weighted by molar-refractivity contribution is -0.169. The van der Waals surface area contributed by atoms with Crippen LogP contribution in [0.4, 0.5) is 0 Å². The van der Waals surface area contributed by atoms with Crippen molar-refractivity contribution in [2.45, 2.75) is 46.8 Å². The average Bonchev–Trinajstić information content (AvgIpc) is 3.16. The molecule has 3 rings (SSSR count). The maximum atomic E-state index is 13.2. The number of nitrogens with zero attached hydrogens (tertiary/aromatic N) is 2. The van der Waals surface area contributed by atoms with Gasteiger partial charge in [-0.15, -0.1) is 0 Å². The molecule has 1 aliphatic rings. The van der Waals surface area contributed by atoms with E-state index in [0.717, 1.165) is 11.7 Å². The fourth-order valence-electron chi connectivity index (χ4n) is 3.60. The number of esters is 2. The van der Waals surface area contributed by atoms with Crippen molar-refractivity contribution in [3.8, 4) is 0 Å². The summed E-state index contributed by atoms with van der Waals surface area (Å²) in [7, 11) is 0. The third kappa shape index (κ3) is 4.22. The van der Waals surface area contributed by atoms with Gasteiger partial charge in [0, 0.05) is 18.0 Å². The maximum Gasteiger partial charge on any atom is 0.339 e. The molecule has 30 heavy (non-hydrogen) atoms. The van der Waals surface area contributed by atoms with E-state index in [0.29, 0.717) is 45.7 Å². The van der Waals surface area contributed by atoms with Crippen LogP contribution in [0.15, 0.2) is 40.7 Å². The van der Waals surface area contributed by atoms with Crippen molar-refractivity contribution >= 4 is 34.7 Å². The minimum Gasteiger partial charge on any atom is -0.463 e. The average molecular weight is 432 g/mol. The summed E-state index contributed by atoms with van der Waals surface area (Å²) in [5.41, 5.74) is 3.91. The van der Waals surface area contributed by atoms with Crippen molar-refractivity contribution in [1.29, 1.82) is 0 Å². The number of nitrogens with one attached hydrogen (secondary N) is 1. The number of allylic oxidation sites excluding steroid dienone is 2. The number of aromatic nitrogens is 2. The van der Waals surface area contributed by atoms with Crippen LogP contribution in [0, 0.1) is 0 Å². The Labute approximate surface area is 179 Å². The van der Waals surface area contributed by atoms with Gasteiger partial charge in [0.25, 0.3) is 0 Å². The summed E-state index contributed by atoms with van der Waals surface area (Å²) in [5.74, 6) is -1.77. The Morgan fingerprint density at radius 3 is 2.47 bits per heavy atom. The van der Waals surface area contributed by atoms with Crippen LogP contribution in [-0.4, -0.2) is 40.2 Å². The lowest BCUT2D eigenvalue weighted by atomic mass is 9.80. The zero-order valence-electron chi connectivity index (χ0n) is 17.6. The van der Waals surface area contributed by atoms with Crippen LogP contribution in [0.3, 0.4) is 0 Å². The third-order valence-electron chi connectivity index (χ3n) is 4.78. The highest BCUT2D eigenvalue weighted by atomic mass is 32.1. The monoisotopic (exact) mass is 431 g/mol. The molecule has 160 valence electrons. The van der Waals surface area contributed by atoms with Gasteiger partial charge in [0.15, 0.2) is 6.29 Å². The van der Waals surface area contributed by atoms with Crippen molar-refractivity contribution < 1.29 is 23.8 Å². The Morgan fingerprint density at radius 1 is 1.10 bits per heavy atom. The van der Waals surface area contributed by atoms with Crippen LogP contribution in [-0.2, 0) is 23.8 Å². The molecule has 9 heteroatoms. The lowest BCUT2D eigenvalue weighted by Gasteiger charge is -2.31. The molecule has 2 unspecified atom stereocenters. The van der Waals surface area contributed by atoms with E-state index in [-0.39, 0.29) is 6.61 Å². The number of carbonyl (C=O) groups excluding carboxylic acids is 2. The minimum atomic E-state index is -0.724. The summed E-state index contributed by atoms with van der Waals surface area (Å²) in [6.45, 7) is 9.40. The molecular formula is C21H25N3O5S. The quantitative estimate of drug-likeness (QED) is 0.526. The molecule has 0 bridgehead atoms. The zero-order chi connectivity index (χ0) is 21.8. The molecule has 0 saturated carbocycles. The molecule has 0 fully saturated rings. The summed E-state index contributed by atoms with van der Waals surface area (Å²) < 4.78 is 24.9. The van der Waals surface area contributed by atoms with Crippen LogP contribution in [0.1, 0.15) is 46.1 Å². The van der Waals surface area contributed by atoms with Gasteiger partial charge in [0.2, 0.25) is 0 Å². The Hall–Kier alpha value is -2.78. The van der Waals surface area contributed by atoms with E-state index in [1.165, 1.54) is 0 Å². The molecule has 0 saturated heterocycles. The van der Waals surface area contributed by atoms with E-state index in [9.17, 15) is 9.59 Å². The molecule has 0 spiro atoms. The van der Waals surface area contributed by atoms with Crippen LogP contribution in [0.2, 0.25) is 0 Å². The summed E-state index contributed by atoms with van der Waals surface area (Å²) in [6, 6.07) is 5.52. The molecule has 0 amide bonds. The fraction of sp³-hybridized carbons (Fsp3) is 0.429. The second-order valence-electron chi connectivity index (χ2n) is 6.76. The number of benzene rings is 1. The van der Waals surface area contributed by atoms with Gasteiger partial charge in [-0.3, -0.25) is 0 Å². The Kier molecular flexibility index (Phi) is 6.84. The summed E-state index contributed by atoms with van der Waals surface area (Å²) >= 11 is 1.08. The van der Waals surface area contributed by atoms with Crippen molar-refractivity contribution in [2.24, 2.45) is 0 Å². The van der Waals surface area contributed by atoms with Crippen molar-refractivity contribution in [2.75, 3.05) is 13.2 Å². The first-order valence-corrected chi connectivity index (χ1v) is 10.5. The first kappa shape index (κ1) is 21.9. The summed E-state index contributed by atoms with van der Waals surface area (Å²) in [5, 5.41) is 3.13. The zero-order valence-corrected chi connectivity index (χ0v) is 18.5. The molecule has 2 aromatic rings. The van der Waals surface area contributed by atoms with Crippen LogP contribution < -0.4 is 5.32 Å². The van der Waals surface area contributed by atoms with Crippen molar-refractivity contribution in [3.05, 3.63) is 46.3 Å². The lowest BCUT2D eigenvalue weighted by Crippen LogP contribution is -2.33. The molecule has 1 N–H and O–H groups in total. The van der Waals surface area contributed by atoms with E-state index in [4.69, 9.17) is 14.2 Å². The van der Waals surface area contributed by atoms with Gasteiger partial charge in [-0.05, 0) is 46.2 Å². The van der Waals surface area contributed by atoms with Crippen LogP contribution >= 0.6 is 11.7 Å². The molecular weight excluding hydrogens is 406 g/mol. The molecule has 0 aliphatic carbocycles. The van der Waals surface area contributed by atoms with Crippen LogP contribution in [0.25, 0.3) is 11.0 Å². The first-order chi connectivity index (χ1) is 14.4. The molecule has 8 nitrogen and oxygen atoms in total. The normalized spacial score (nSPS) is 17.7. The number of hydrogen-bond acceptors (Lipinski definition) is 9. The van der Waals surface area contributed by atoms with E-state index in [1.54, 1.807) is 27.7 Å². The number of carbonyl (C=O) groups is 2. The number of rotatable bonds is 7. The van der Waals surface area contributed by atoms with Gasteiger partial charge in [-0.25, -0.2) is 9.59 Å². The molecule has 1 aromatic carbocycles. The van der Waals surface area contributed by atoms with E-state index < -0.39 is 24.1 Å². The smallest absolute Gasteiger partial charge is 0.339 e. The van der Waals surface area contributed by atoms with Gasteiger partial charge < -0.3 is 19.5 Å². The summed E-state index contributed by atoms with van der Waals surface area (Å²) in [4.78, 5) is 26.1. The number of hydrogen-bond donors (Lipinski definition) is 1. The largest absolute Gasteiger partial charge is 0.463 e. The molecule has 2 atom stereocenters. The Bertz CT molecular complexity index is 1030. The maximum absolute atomic E-state index is 13.2. The Balaban J connectivity index is 2.16. The topological polar surface area (TPSA) is 99.6 Å². The van der Waals surface area contributed by atoms with Gasteiger partial charge in [-0.1, -0.05) is 12.1 Å². The first-order valence-electron chi connectivity index (χ1n) is 9.78. The molecule has 1 aliphatic heterocycles. The summed E-state index contributed by atoms with van der Waals surface area (Å²) in [6.07, 6.45) is -0.724. The predicted molar refractivity (Wildman–Crippen MR) is 113 cm³/mol. The van der Waals surface area contributed by atoms with Gasteiger partial charge in [-0.2, -0.15) is 8.75 Å². The highest BCUT2D eigenvalue weighted by Gasteiger charge is 2.39. The van der Waals surface area contributed by atoms with Gasteiger partial charge in [0.05, 0.1) is 35.4 Å². The van der Waals surface area contributed by atoms with E-state index in [1.807, 2.05) is 25.1 Å². The van der Waals surface area contributed by atoms with E-state index >= 15 is 0 Å². The second kappa shape index (κ2) is 9.36. The van der Waals surface area contributed by atoms with Crippen molar-refractivity contribution in [3.63, 3.8) is 0 Å². The minimum absolute atomic E-state index is 0.217. The van der Waals surface area contributed by atoms with Crippen molar-refractivity contribution in [1.82, 2.24) is 14.1 Å². The van der Waals surface area contributed by atoms with E-state index in [2.05, 4.69) is 14.1 Å². The second-order valence-corrected chi connectivity index (χ2v) is 7.29.